The number of amides is 1. The average molecular weight is 517 g/mol. The first-order valence-corrected chi connectivity index (χ1v) is 12.6. The van der Waals surface area contributed by atoms with E-state index in [0.29, 0.717) is 46.0 Å². The summed E-state index contributed by atoms with van der Waals surface area (Å²) >= 11 is 1.27. The fraction of sp³-hybridized carbons (Fsp3) is 0.207. The first-order valence-electron chi connectivity index (χ1n) is 11.8. The van der Waals surface area contributed by atoms with Crippen LogP contribution < -0.4 is 9.47 Å². The third-order valence-electron chi connectivity index (χ3n) is 5.59. The molecule has 0 bridgehead atoms. The number of hydrogen-bond acceptors (Lipinski definition) is 7. The number of ether oxygens (including phenoxy) is 3. The summed E-state index contributed by atoms with van der Waals surface area (Å²) in [6.07, 6.45) is 1.80. The van der Waals surface area contributed by atoms with Crippen molar-refractivity contribution in [2.45, 2.75) is 20.5 Å². The number of carbonyl (C=O) groups excluding carboxylic acids is 2. The first kappa shape index (κ1) is 26.0. The lowest BCUT2D eigenvalue weighted by Crippen LogP contribution is -2.23. The van der Waals surface area contributed by atoms with Gasteiger partial charge in [0.1, 0.15) is 6.61 Å². The molecular formula is C29H28N2O5S. The standard InChI is InChI=1S/C29H28N2O5S/c1-5-35-28(33)22-7-6-8-23(17-22)30-29-31(3)27(32)26(37-29)16-21-13-14-24(25(15-21)34-4)36-18-20-11-9-19(2)10-12-20/h6-17H,5,18H2,1-4H3. The molecule has 1 aliphatic rings. The molecule has 0 saturated carbocycles. The Hall–Kier alpha value is -4.04. The second-order valence-corrected chi connectivity index (χ2v) is 9.33. The molecule has 37 heavy (non-hydrogen) atoms. The number of aryl methyl sites for hydroxylation is 1. The summed E-state index contributed by atoms with van der Waals surface area (Å²) in [7, 11) is 3.26. The van der Waals surface area contributed by atoms with Crippen LogP contribution in [0.2, 0.25) is 0 Å². The third kappa shape index (κ3) is 6.40. The van der Waals surface area contributed by atoms with Gasteiger partial charge in [0.25, 0.3) is 5.91 Å². The largest absolute Gasteiger partial charge is 0.493 e. The molecule has 0 unspecified atom stereocenters. The number of likely N-dealkylation sites (N-methyl/N-ethyl adjacent to an activating group) is 1. The van der Waals surface area contributed by atoms with Crippen LogP contribution in [0.5, 0.6) is 11.5 Å². The number of esters is 1. The van der Waals surface area contributed by atoms with Crippen LogP contribution in [0.4, 0.5) is 5.69 Å². The van der Waals surface area contributed by atoms with Gasteiger partial charge in [0.05, 0.1) is 29.9 Å². The highest BCUT2D eigenvalue weighted by Crippen LogP contribution is 2.35. The molecule has 7 nitrogen and oxygen atoms in total. The van der Waals surface area contributed by atoms with E-state index in [4.69, 9.17) is 14.2 Å². The van der Waals surface area contributed by atoms with Crippen molar-refractivity contribution in [2.24, 2.45) is 4.99 Å². The molecule has 4 rings (SSSR count). The summed E-state index contributed by atoms with van der Waals surface area (Å²) in [5, 5.41) is 0.516. The van der Waals surface area contributed by atoms with Gasteiger partial charge < -0.3 is 14.2 Å². The zero-order valence-corrected chi connectivity index (χ0v) is 22.0. The summed E-state index contributed by atoms with van der Waals surface area (Å²) < 4.78 is 16.6. The number of carbonyl (C=O) groups is 2. The predicted octanol–water partition coefficient (Wildman–Crippen LogP) is 5.99. The summed E-state index contributed by atoms with van der Waals surface area (Å²) in [4.78, 5) is 31.5. The zero-order chi connectivity index (χ0) is 26.4. The number of nitrogens with zero attached hydrogens (tertiary/aromatic N) is 2. The van der Waals surface area contributed by atoms with E-state index in [2.05, 4.69) is 4.99 Å². The number of hydrogen-bond donors (Lipinski definition) is 0. The highest BCUT2D eigenvalue weighted by molar-refractivity contribution is 8.18. The summed E-state index contributed by atoms with van der Waals surface area (Å²) in [5.41, 5.74) is 4.03. The topological polar surface area (TPSA) is 77.4 Å². The van der Waals surface area contributed by atoms with Gasteiger partial charge >= 0.3 is 5.97 Å². The molecule has 0 aromatic heterocycles. The lowest BCUT2D eigenvalue weighted by atomic mass is 10.1. The SMILES string of the molecule is CCOC(=O)c1cccc(N=C2SC(=Cc3ccc(OCc4ccc(C)cc4)c(OC)c3)C(=O)N2C)c1. The fourth-order valence-electron chi connectivity index (χ4n) is 3.57. The normalized spacial score (nSPS) is 15.4. The Labute approximate surface area is 220 Å². The quantitative estimate of drug-likeness (QED) is 0.270. The van der Waals surface area contributed by atoms with Crippen LogP contribution in [0.15, 0.2) is 76.6 Å². The minimum Gasteiger partial charge on any atom is -0.493 e. The Kier molecular flexibility index (Phi) is 8.30. The molecule has 1 amide bonds. The van der Waals surface area contributed by atoms with Gasteiger partial charge in [-0.2, -0.15) is 0 Å². The van der Waals surface area contributed by atoms with E-state index < -0.39 is 5.97 Å². The number of rotatable bonds is 8. The number of aliphatic imine (C=N–C) groups is 1. The minimum absolute atomic E-state index is 0.163. The van der Waals surface area contributed by atoms with Gasteiger partial charge in [-0.25, -0.2) is 9.79 Å². The van der Waals surface area contributed by atoms with Crippen molar-refractivity contribution in [3.8, 4) is 11.5 Å². The van der Waals surface area contributed by atoms with Crippen molar-refractivity contribution in [1.29, 1.82) is 0 Å². The van der Waals surface area contributed by atoms with Crippen molar-refractivity contribution in [3.63, 3.8) is 0 Å². The predicted molar refractivity (Wildman–Crippen MR) is 146 cm³/mol. The fourth-order valence-corrected chi connectivity index (χ4v) is 4.56. The Morgan fingerprint density at radius 1 is 1.05 bits per heavy atom. The Morgan fingerprint density at radius 3 is 2.57 bits per heavy atom. The maximum absolute atomic E-state index is 12.9. The van der Waals surface area contributed by atoms with Crippen molar-refractivity contribution >= 4 is 40.6 Å². The second kappa shape index (κ2) is 11.8. The molecule has 8 heteroatoms. The van der Waals surface area contributed by atoms with Gasteiger partial charge in [-0.15, -0.1) is 0 Å². The van der Waals surface area contributed by atoms with Crippen molar-refractivity contribution in [3.05, 3.63) is 93.9 Å². The van der Waals surface area contributed by atoms with E-state index in [0.717, 1.165) is 11.1 Å². The number of methoxy groups -OCH3 is 1. The molecule has 1 fully saturated rings. The molecule has 1 heterocycles. The van der Waals surface area contributed by atoms with Crippen molar-refractivity contribution < 1.29 is 23.8 Å². The molecular weight excluding hydrogens is 488 g/mol. The molecule has 3 aromatic rings. The van der Waals surface area contributed by atoms with E-state index in [-0.39, 0.29) is 5.91 Å². The van der Waals surface area contributed by atoms with Gasteiger partial charge in [-0.1, -0.05) is 42.0 Å². The molecule has 3 aromatic carbocycles. The van der Waals surface area contributed by atoms with Gasteiger partial charge in [-0.3, -0.25) is 9.69 Å². The van der Waals surface area contributed by atoms with Crippen LogP contribution in [-0.4, -0.2) is 42.7 Å². The van der Waals surface area contributed by atoms with Gasteiger partial charge in [0, 0.05) is 7.05 Å². The third-order valence-corrected chi connectivity index (χ3v) is 6.65. The van der Waals surface area contributed by atoms with E-state index in [9.17, 15) is 9.59 Å². The van der Waals surface area contributed by atoms with Crippen LogP contribution in [0.3, 0.4) is 0 Å². The summed E-state index contributed by atoms with van der Waals surface area (Å²) in [5.74, 6) is 0.629. The Bertz CT molecular complexity index is 1360. The van der Waals surface area contributed by atoms with E-state index in [1.807, 2.05) is 49.4 Å². The second-order valence-electron chi connectivity index (χ2n) is 8.32. The minimum atomic E-state index is -0.408. The van der Waals surface area contributed by atoms with Crippen LogP contribution in [0, 0.1) is 6.92 Å². The van der Waals surface area contributed by atoms with Crippen LogP contribution in [0.1, 0.15) is 34.0 Å². The lowest BCUT2D eigenvalue weighted by Gasteiger charge is -2.12. The van der Waals surface area contributed by atoms with E-state index >= 15 is 0 Å². The molecule has 1 saturated heterocycles. The van der Waals surface area contributed by atoms with E-state index in [1.165, 1.54) is 22.2 Å². The van der Waals surface area contributed by atoms with Gasteiger partial charge in [-0.05, 0) is 73.1 Å². The van der Waals surface area contributed by atoms with Crippen LogP contribution >= 0.6 is 11.8 Å². The molecule has 0 radical (unpaired) electrons. The van der Waals surface area contributed by atoms with Gasteiger partial charge in [0.2, 0.25) is 0 Å². The first-order chi connectivity index (χ1) is 17.9. The molecule has 0 N–H and O–H groups in total. The van der Waals surface area contributed by atoms with E-state index in [1.54, 1.807) is 51.4 Å². The smallest absolute Gasteiger partial charge is 0.338 e. The zero-order valence-electron chi connectivity index (χ0n) is 21.2. The number of amidine groups is 1. The van der Waals surface area contributed by atoms with Crippen LogP contribution in [0.25, 0.3) is 6.08 Å². The highest BCUT2D eigenvalue weighted by Gasteiger charge is 2.30. The summed E-state index contributed by atoms with van der Waals surface area (Å²) in [6.45, 7) is 4.52. The number of benzene rings is 3. The van der Waals surface area contributed by atoms with Crippen molar-refractivity contribution in [1.82, 2.24) is 4.90 Å². The van der Waals surface area contributed by atoms with Gasteiger partial charge in [0.15, 0.2) is 16.7 Å². The molecule has 0 atom stereocenters. The molecule has 0 spiro atoms. The summed E-state index contributed by atoms with van der Waals surface area (Å²) in [6, 6.07) is 20.5. The molecule has 190 valence electrons. The van der Waals surface area contributed by atoms with Crippen LogP contribution in [-0.2, 0) is 16.1 Å². The highest BCUT2D eigenvalue weighted by atomic mass is 32.2. The average Bonchev–Trinajstić information content (AvgIpc) is 3.16. The Morgan fingerprint density at radius 2 is 1.84 bits per heavy atom. The molecule has 1 aliphatic heterocycles. The maximum Gasteiger partial charge on any atom is 0.338 e. The maximum atomic E-state index is 12.9. The number of thioether (sulfide) groups is 1. The molecule has 0 aliphatic carbocycles. The lowest BCUT2D eigenvalue weighted by molar-refractivity contribution is -0.121. The Balaban J connectivity index is 1.51. The monoisotopic (exact) mass is 516 g/mol. The van der Waals surface area contributed by atoms with Crippen molar-refractivity contribution in [2.75, 3.05) is 20.8 Å².